The molecule has 0 aromatic heterocycles. The molecule has 20 heavy (non-hydrogen) atoms. The normalized spacial score (nSPS) is 22.9. The molecule has 1 fully saturated rings. The van der Waals surface area contributed by atoms with Gasteiger partial charge in [-0.1, -0.05) is 6.42 Å². The van der Waals surface area contributed by atoms with Crippen LogP contribution in [0.2, 0.25) is 0 Å². The molecular formula is C13H19BrN2O3S. The van der Waals surface area contributed by atoms with E-state index in [4.69, 9.17) is 10.5 Å². The third-order valence-electron chi connectivity index (χ3n) is 3.70. The zero-order valence-electron chi connectivity index (χ0n) is 11.3. The number of nitrogens with one attached hydrogen (secondary N) is 1. The number of hydrogen-bond donors (Lipinski definition) is 2. The van der Waals surface area contributed by atoms with E-state index in [1.165, 1.54) is 13.2 Å². The lowest BCUT2D eigenvalue weighted by Gasteiger charge is -2.19. The van der Waals surface area contributed by atoms with Gasteiger partial charge >= 0.3 is 0 Å². The topological polar surface area (TPSA) is 81.4 Å². The van der Waals surface area contributed by atoms with Crippen LogP contribution < -0.4 is 15.2 Å². The first-order valence-corrected chi connectivity index (χ1v) is 8.81. The van der Waals surface area contributed by atoms with E-state index >= 15 is 0 Å². The Hall–Kier alpha value is -0.630. The van der Waals surface area contributed by atoms with Crippen LogP contribution in [0.15, 0.2) is 27.6 Å². The molecule has 1 aromatic rings. The first kappa shape index (κ1) is 15.8. The molecule has 2 atom stereocenters. The Morgan fingerprint density at radius 2 is 2.20 bits per heavy atom. The van der Waals surface area contributed by atoms with E-state index in [0.29, 0.717) is 12.3 Å². The summed E-state index contributed by atoms with van der Waals surface area (Å²) < 4.78 is 33.4. The second-order valence-corrected chi connectivity index (χ2v) is 7.52. The summed E-state index contributed by atoms with van der Waals surface area (Å²) in [5, 5.41) is 0. The Morgan fingerprint density at radius 3 is 2.85 bits per heavy atom. The Balaban J connectivity index is 2.22. The molecule has 1 aromatic carbocycles. The third kappa shape index (κ3) is 3.33. The molecule has 3 N–H and O–H groups in total. The first-order chi connectivity index (χ1) is 9.47. The van der Waals surface area contributed by atoms with Crippen LogP contribution in [0.25, 0.3) is 0 Å². The fraction of sp³-hybridized carbons (Fsp3) is 0.538. The summed E-state index contributed by atoms with van der Waals surface area (Å²) in [5.41, 5.74) is 5.69. The molecule has 2 unspecified atom stereocenters. The van der Waals surface area contributed by atoms with Crippen LogP contribution in [-0.2, 0) is 10.0 Å². The summed E-state index contributed by atoms with van der Waals surface area (Å²) in [4.78, 5) is 0.209. The predicted octanol–water partition coefficient (Wildman–Crippen LogP) is 1.86. The van der Waals surface area contributed by atoms with E-state index in [9.17, 15) is 8.42 Å². The summed E-state index contributed by atoms with van der Waals surface area (Å²) in [6, 6.07) is 4.67. The highest BCUT2D eigenvalue weighted by Gasteiger charge is 2.30. The fourth-order valence-electron chi connectivity index (χ4n) is 2.55. The second kappa shape index (κ2) is 6.43. The van der Waals surface area contributed by atoms with E-state index in [1.807, 2.05) is 0 Å². The molecule has 0 spiro atoms. The highest BCUT2D eigenvalue weighted by Crippen LogP contribution is 2.29. The van der Waals surface area contributed by atoms with Gasteiger partial charge in [0.05, 0.1) is 16.5 Å². The maximum atomic E-state index is 12.4. The van der Waals surface area contributed by atoms with Crippen molar-refractivity contribution >= 4 is 26.0 Å². The molecule has 0 heterocycles. The molecule has 1 aliphatic carbocycles. The molecule has 112 valence electrons. The van der Waals surface area contributed by atoms with Crippen LogP contribution in [0, 0.1) is 5.92 Å². The van der Waals surface area contributed by atoms with Gasteiger partial charge in [0.15, 0.2) is 0 Å². The van der Waals surface area contributed by atoms with Gasteiger partial charge in [-0.25, -0.2) is 13.1 Å². The summed E-state index contributed by atoms with van der Waals surface area (Å²) in [6.07, 6.45) is 2.83. The molecule has 0 amide bonds. The van der Waals surface area contributed by atoms with E-state index in [0.717, 1.165) is 23.7 Å². The van der Waals surface area contributed by atoms with E-state index in [-0.39, 0.29) is 16.9 Å². The number of sulfonamides is 1. The lowest BCUT2D eigenvalue weighted by molar-refractivity contribution is 0.410. The smallest absolute Gasteiger partial charge is 0.240 e. The fourth-order valence-corrected chi connectivity index (χ4v) is 4.31. The summed E-state index contributed by atoms with van der Waals surface area (Å²) in [7, 11) is -2.04. The molecule has 2 rings (SSSR count). The molecule has 0 bridgehead atoms. The molecule has 0 aliphatic heterocycles. The van der Waals surface area contributed by atoms with Crippen molar-refractivity contribution in [1.82, 2.24) is 4.72 Å². The number of benzene rings is 1. The van der Waals surface area contributed by atoms with Gasteiger partial charge in [-0.15, -0.1) is 0 Å². The van der Waals surface area contributed by atoms with Crippen molar-refractivity contribution in [2.75, 3.05) is 13.7 Å². The number of halogens is 1. The van der Waals surface area contributed by atoms with Crippen molar-refractivity contribution in [1.29, 1.82) is 0 Å². The molecule has 0 saturated heterocycles. The van der Waals surface area contributed by atoms with Crippen LogP contribution in [0.5, 0.6) is 5.75 Å². The Kier molecular flexibility index (Phi) is 5.06. The monoisotopic (exact) mass is 362 g/mol. The standard InChI is InChI=1S/C13H19BrN2O3S/c1-19-13-7-10(5-6-11(13)14)20(17,18)16-12-4-2-3-9(12)8-15/h5-7,9,12,16H,2-4,8,15H2,1H3. The third-order valence-corrected chi connectivity index (χ3v) is 5.84. The first-order valence-electron chi connectivity index (χ1n) is 6.54. The van der Waals surface area contributed by atoms with Crippen LogP contribution in [0.3, 0.4) is 0 Å². The van der Waals surface area contributed by atoms with Crippen LogP contribution >= 0.6 is 15.9 Å². The van der Waals surface area contributed by atoms with Crippen molar-refractivity contribution in [3.8, 4) is 5.75 Å². The van der Waals surface area contributed by atoms with Gasteiger partial charge < -0.3 is 10.5 Å². The van der Waals surface area contributed by atoms with E-state index in [1.54, 1.807) is 12.1 Å². The van der Waals surface area contributed by atoms with Crippen molar-refractivity contribution in [2.24, 2.45) is 11.7 Å². The number of hydrogen-bond acceptors (Lipinski definition) is 4. The molecular weight excluding hydrogens is 344 g/mol. The molecule has 7 heteroatoms. The van der Waals surface area contributed by atoms with Crippen molar-refractivity contribution in [2.45, 2.75) is 30.2 Å². The van der Waals surface area contributed by atoms with Gasteiger partial charge in [0.1, 0.15) is 5.75 Å². The number of rotatable bonds is 5. The van der Waals surface area contributed by atoms with Crippen LogP contribution in [-0.4, -0.2) is 28.1 Å². The van der Waals surface area contributed by atoms with Crippen molar-refractivity contribution < 1.29 is 13.2 Å². The minimum absolute atomic E-state index is 0.0698. The Labute approximate surface area is 128 Å². The summed E-state index contributed by atoms with van der Waals surface area (Å²) in [5.74, 6) is 0.719. The molecule has 1 aliphatic rings. The largest absolute Gasteiger partial charge is 0.496 e. The highest BCUT2D eigenvalue weighted by atomic mass is 79.9. The maximum Gasteiger partial charge on any atom is 0.240 e. The highest BCUT2D eigenvalue weighted by molar-refractivity contribution is 9.10. The van der Waals surface area contributed by atoms with E-state index < -0.39 is 10.0 Å². The average molecular weight is 363 g/mol. The van der Waals surface area contributed by atoms with Gasteiger partial charge in [0, 0.05) is 12.1 Å². The summed E-state index contributed by atoms with van der Waals surface area (Å²) >= 11 is 3.31. The number of nitrogens with two attached hydrogens (primary N) is 1. The number of ether oxygens (including phenoxy) is 1. The average Bonchev–Trinajstić information content (AvgIpc) is 2.85. The van der Waals surface area contributed by atoms with Gasteiger partial charge in [-0.05, 0) is 53.4 Å². The zero-order chi connectivity index (χ0) is 14.8. The maximum absolute atomic E-state index is 12.4. The summed E-state index contributed by atoms with van der Waals surface area (Å²) in [6.45, 7) is 0.511. The van der Waals surface area contributed by atoms with Gasteiger partial charge in [0.2, 0.25) is 10.0 Å². The van der Waals surface area contributed by atoms with Crippen molar-refractivity contribution in [3.63, 3.8) is 0 Å². The van der Waals surface area contributed by atoms with E-state index in [2.05, 4.69) is 20.7 Å². The second-order valence-electron chi connectivity index (χ2n) is 4.95. The number of methoxy groups -OCH3 is 1. The molecule has 5 nitrogen and oxygen atoms in total. The quantitative estimate of drug-likeness (QED) is 0.837. The Bertz CT molecular complexity index is 577. The molecule has 0 radical (unpaired) electrons. The SMILES string of the molecule is COc1cc(S(=O)(=O)NC2CCCC2CN)ccc1Br. The minimum Gasteiger partial charge on any atom is -0.496 e. The van der Waals surface area contributed by atoms with Crippen LogP contribution in [0.1, 0.15) is 19.3 Å². The Morgan fingerprint density at radius 1 is 1.45 bits per heavy atom. The van der Waals surface area contributed by atoms with Crippen LogP contribution in [0.4, 0.5) is 0 Å². The van der Waals surface area contributed by atoms with Gasteiger partial charge in [-0.3, -0.25) is 0 Å². The minimum atomic E-state index is -3.54. The van der Waals surface area contributed by atoms with Gasteiger partial charge in [-0.2, -0.15) is 0 Å². The lowest BCUT2D eigenvalue weighted by atomic mass is 10.1. The lowest BCUT2D eigenvalue weighted by Crippen LogP contribution is -2.39. The van der Waals surface area contributed by atoms with Gasteiger partial charge in [0.25, 0.3) is 0 Å². The zero-order valence-corrected chi connectivity index (χ0v) is 13.7. The van der Waals surface area contributed by atoms with Crippen molar-refractivity contribution in [3.05, 3.63) is 22.7 Å². The predicted molar refractivity (Wildman–Crippen MR) is 81.2 cm³/mol. The molecule has 1 saturated carbocycles.